The first-order valence-electron chi connectivity index (χ1n) is 9.40. The van der Waals surface area contributed by atoms with Gasteiger partial charge in [-0.15, -0.1) is 0 Å². The van der Waals surface area contributed by atoms with E-state index in [0.29, 0.717) is 28.6 Å². The third-order valence-electron chi connectivity index (χ3n) is 5.10. The molecule has 0 unspecified atom stereocenters. The van der Waals surface area contributed by atoms with Crippen molar-refractivity contribution in [2.75, 3.05) is 8.86 Å². The summed E-state index contributed by atoms with van der Waals surface area (Å²) in [5.74, 6) is 0.568. The third kappa shape index (κ3) is 3.25. The number of fused-ring (bicyclic) bond motifs is 1. The number of hydrogen-bond donors (Lipinski definition) is 1. The number of H-pyrrole nitrogens is 1. The summed E-state index contributed by atoms with van der Waals surface area (Å²) in [7, 11) is 1.60. The van der Waals surface area contributed by atoms with Gasteiger partial charge < -0.3 is 0 Å². The van der Waals surface area contributed by atoms with Gasteiger partial charge in [-0.05, 0) is 0 Å². The topological polar surface area (TPSA) is 98.5 Å². The van der Waals surface area contributed by atoms with Crippen molar-refractivity contribution in [3.63, 3.8) is 0 Å². The van der Waals surface area contributed by atoms with Gasteiger partial charge in [0, 0.05) is 0 Å². The van der Waals surface area contributed by atoms with E-state index in [1.165, 1.54) is 19.8 Å². The van der Waals surface area contributed by atoms with Crippen LogP contribution in [0.15, 0.2) is 46.2 Å². The number of imidazole rings is 1. The van der Waals surface area contributed by atoms with Gasteiger partial charge in [-0.1, -0.05) is 0 Å². The summed E-state index contributed by atoms with van der Waals surface area (Å²) in [6.45, 7) is 0.397. The molecule has 10 heteroatoms. The van der Waals surface area contributed by atoms with E-state index in [0.717, 1.165) is 15.0 Å². The van der Waals surface area contributed by atoms with Crippen LogP contribution in [0.25, 0.3) is 22.7 Å². The van der Waals surface area contributed by atoms with Crippen LogP contribution >= 0.6 is 31.4 Å². The van der Waals surface area contributed by atoms with Crippen LogP contribution in [0, 0.1) is 3.70 Å². The molecular weight excluding hydrogens is 519 g/mol. The molecule has 0 bridgehead atoms. The van der Waals surface area contributed by atoms with E-state index in [2.05, 4.69) is 15.0 Å². The molecule has 0 radical (unpaired) electrons. The molecular formula is C20H18ClIN6O2. The molecule has 154 valence electrons. The molecule has 1 saturated heterocycles. The van der Waals surface area contributed by atoms with E-state index in [-0.39, 0.29) is 0 Å². The maximum absolute atomic E-state index is 12.8. The molecule has 5 rings (SSSR count). The van der Waals surface area contributed by atoms with Crippen LogP contribution in [0.1, 0.15) is 12.0 Å². The molecule has 0 amide bonds. The number of nitrogens with one attached hydrogen (secondary N) is 1. The molecule has 4 heterocycles. The number of benzene rings is 1. The standard InChI is InChI=1S/C20H18ClIN6O2/c1-27-18-15(19(29)26-20(27)30)28(11-12-3-5-13(21)6-4-12)17(25-18)14-16(22-7-2-8-22)24-10-9-23-14/h3-6,9-10H,2,7-8,11H2,1H3,(H,26,29,30). The van der Waals surface area contributed by atoms with Crippen LogP contribution < -0.4 is 11.2 Å². The van der Waals surface area contributed by atoms with Crippen LogP contribution in [0.4, 0.5) is 0 Å². The Morgan fingerprint density at radius 1 is 1.13 bits per heavy atom. The Balaban J connectivity index is 1.78. The van der Waals surface area contributed by atoms with E-state index in [1.54, 1.807) is 19.4 Å². The fourth-order valence-corrected chi connectivity index (χ4v) is 7.79. The quantitative estimate of drug-likeness (QED) is 0.319. The van der Waals surface area contributed by atoms with E-state index >= 15 is 0 Å². The van der Waals surface area contributed by atoms with Crippen molar-refractivity contribution in [1.82, 2.24) is 29.1 Å². The summed E-state index contributed by atoms with van der Waals surface area (Å²) in [6, 6.07) is 7.44. The Bertz CT molecular complexity index is 1370. The Hall–Kier alpha value is -2.53. The first-order chi connectivity index (χ1) is 14.5. The minimum absolute atomic E-state index is 0.335. The van der Waals surface area contributed by atoms with E-state index in [1.807, 2.05) is 28.8 Å². The molecule has 1 aliphatic rings. The second kappa shape index (κ2) is 7.62. The van der Waals surface area contributed by atoms with Gasteiger partial charge in [0.25, 0.3) is 0 Å². The van der Waals surface area contributed by atoms with Crippen molar-refractivity contribution < 1.29 is 0 Å². The zero-order chi connectivity index (χ0) is 20.8. The Kier molecular flexibility index (Phi) is 4.94. The molecule has 3 aromatic heterocycles. The zero-order valence-electron chi connectivity index (χ0n) is 16.1. The van der Waals surface area contributed by atoms with Crippen molar-refractivity contribution in [1.29, 1.82) is 0 Å². The van der Waals surface area contributed by atoms with Crippen molar-refractivity contribution in [3.05, 3.63) is 71.8 Å². The second-order valence-corrected chi connectivity index (χ2v) is 13.2. The van der Waals surface area contributed by atoms with Gasteiger partial charge in [-0.3, -0.25) is 0 Å². The summed E-state index contributed by atoms with van der Waals surface area (Å²) >= 11 is 4.68. The van der Waals surface area contributed by atoms with Gasteiger partial charge in [0.2, 0.25) is 0 Å². The van der Waals surface area contributed by atoms with Crippen molar-refractivity contribution >= 4 is 42.6 Å². The normalized spacial score (nSPS) is 14.8. The fraction of sp³-hybridized carbons (Fsp3) is 0.250. The summed E-state index contributed by atoms with van der Waals surface area (Å²) in [4.78, 5) is 41.3. The van der Waals surface area contributed by atoms with E-state index in [4.69, 9.17) is 16.6 Å². The van der Waals surface area contributed by atoms with Crippen LogP contribution in [0.3, 0.4) is 0 Å². The number of halogens is 2. The number of nitrogens with zero attached hydrogens (tertiary/aromatic N) is 5. The SMILES string of the molecule is Cn1c(=O)[nH]c(=O)c2c1nc(-c1nccnc1I1CCC1)n2Cc1ccc(Cl)cc1. The Morgan fingerprint density at radius 2 is 1.87 bits per heavy atom. The minimum atomic E-state index is -1.35. The van der Waals surface area contributed by atoms with Gasteiger partial charge in [0.05, 0.1) is 0 Å². The average molecular weight is 537 g/mol. The molecule has 1 N–H and O–H groups in total. The number of alkyl halides is 2. The molecule has 0 spiro atoms. The van der Waals surface area contributed by atoms with Crippen LogP contribution in [-0.4, -0.2) is 37.9 Å². The number of hydrogen-bond acceptors (Lipinski definition) is 5. The van der Waals surface area contributed by atoms with Crippen molar-refractivity contribution in [2.45, 2.75) is 13.0 Å². The summed E-state index contributed by atoms with van der Waals surface area (Å²) in [5, 5.41) is 0.641. The van der Waals surface area contributed by atoms with Gasteiger partial charge in [-0.2, -0.15) is 0 Å². The molecule has 0 saturated carbocycles. The molecule has 1 aliphatic heterocycles. The molecule has 30 heavy (non-hydrogen) atoms. The predicted molar refractivity (Wildman–Crippen MR) is 124 cm³/mol. The Labute approximate surface area is 183 Å². The van der Waals surface area contributed by atoms with E-state index in [9.17, 15) is 9.59 Å². The summed E-state index contributed by atoms with van der Waals surface area (Å²) in [5.41, 5.74) is 1.40. The number of aromatic nitrogens is 6. The molecule has 0 aliphatic carbocycles. The monoisotopic (exact) mass is 536 g/mol. The predicted octanol–water partition coefficient (Wildman–Crippen LogP) is 2.66. The molecule has 0 atom stereocenters. The molecule has 1 aromatic carbocycles. The maximum atomic E-state index is 12.8. The van der Waals surface area contributed by atoms with Crippen molar-refractivity contribution in [3.8, 4) is 11.5 Å². The van der Waals surface area contributed by atoms with Crippen LogP contribution in [0.5, 0.6) is 0 Å². The molecule has 1 fully saturated rings. The fourth-order valence-electron chi connectivity index (χ4n) is 3.45. The van der Waals surface area contributed by atoms with Crippen LogP contribution in [0.2, 0.25) is 5.02 Å². The number of aromatic amines is 1. The van der Waals surface area contributed by atoms with Gasteiger partial charge in [-0.25, -0.2) is 0 Å². The Morgan fingerprint density at radius 3 is 2.57 bits per heavy atom. The van der Waals surface area contributed by atoms with Crippen molar-refractivity contribution in [2.24, 2.45) is 7.05 Å². The summed E-state index contributed by atoms with van der Waals surface area (Å²) in [6.07, 6.45) is 4.61. The van der Waals surface area contributed by atoms with Gasteiger partial charge in [0.1, 0.15) is 0 Å². The van der Waals surface area contributed by atoms with Gasteiger partial charge >= 0.3 is 184 Å². The van der Waals surface area contributed by atoms with Crippen LogP contribution in [-0.2, 0) is 13.6 Å². The first-order valence-corrected chi connectivity index (χ1v) is 13.9. The van der Waals surface area contributed by atoms with Gasteiger partial charge in [0.15, 0.2) is 0 Å². The molecule has 8 nitrogen and oxygen atoms in total. The average Bonchev–Trinajstić information content (AvgIpc) is 3.07. The zero-order valence-corrected chi connectivity index (χ0v) is 19.0. The number of rotatable bonds is 4. The second-order valence-electron chi connectivity index (χ2n) is 7.02. The summed E-state index contributed by atoms with van der Waals surface area (Å²) < 4.78 is 6.66. The number of aryl methyl sites for hydroxylation is 1. The third-order valence-corrected chi connectivity index (χ3v) is 11.7. The molecule has 4 aromatic rings. The first kappa shape index (κ1) is 19.4. The van der Waals surface area contributed by atoms with E-state index < -0.39 is 31.1 Å².